The highest BCUT2D eigenvalue weighted by molar-refractivity contribution is 9.10. The van der Waals surface area contributed by atoms with Crippen LogP contribution in [-0.4, -0.2) is 48.0 Å². The molecule has 132 valence electrons. The summed E-state index contributed by atoms with van der Waals surface area (Å²) >= 11 is 3.42. The molecule has 0 aliphatic carbocycles. The minimum absolute atomic E-state index is 0.481. The predicted octanol–water partition coefficient (Wildman–Crippen LogP) is 1.63. The summed E-state index contributed by atoms with van der Waals surface area (Å²) in [6.07, 6.45) is -0.353. The molecular formula is C18H15BrN4O3. The Balaban J connectivity index is 1.73. The van der Waals surface area contributed by atoms with Crippen LogP contribution in [0.5, 0.6) is 0 Å². The Hall–Kier alpha value is -2.31. The lowest BCUT2D eigenvalue weighted by Gasteiger charge is -2.16. The van der Waals surface area contributed by atoms with Crippen LogP contribution in [0.3, 0.4) is 0 Å². The van der Waals surface area contributed by atoms with E-state index in [9.17, 15) is 10.2 Å². The van der Waals surface area contributed by atoms with Gasteiger partial charge in [0, 0.05) is 10.0 Å². The molecule has 1 aliphatic rings. The molecule has 3 heterocycles. The maximum absolute atomic E-state index is 10.2. The molecule has 7 nitrogen and oxygen atoms in total. The smallest absolute Gasteiger partial charge is 0.166 e. The molecule has 0 unspecified atom stereocenters. The normalized spacial score (nSPS) is 25.2. The molecule has 2 N–H and O–H groups in total. The van der Waals surface area contributed by atoms with E-state index >= 15 is 0 Å². The number of aliphatic hydroxyl groups is 2. The fourth-order valence-electron chi connectivity index (χ4n) is 2.88. The van der Waals surface area contributed by atoms with Gasteiger partial charge in [-0.25, -0.2) is 15.0 Å². The lowest BCUT2D eigenvalue weighted by atomic mass is 10.1. The van der Waals surface area contributed by atoms with Crippen molar-refractivity contribution in [3.05, 3.63) is 52.7 Å². The van der Waals surface area contributed by atoms with Crippen LogP contribution in [-0.2, 0) is 4.74 Å². The third kappa shape index (κ3) is 2.99. The second-order valence-electron chi connectivity index (χ2n) is 6.02. The summed E-state index contributed by atoms with van der Waals surface area (Å²) in [6.45, 7) is 1.71. The summed E-state index contributed by atoms with van der Waals surface area (Å²) < 4.78 is 8.18. The van der Waals surface area contributed by atoms with E-state index in [2.05, 4.69) is 42.7 Å². The number of rotatable bonds is 1. The zero-order valence-electron chi connectivity index (χ0n) is 13.7. The first-order chi connectivity index (χ1) is 12.5. The van der Waals surface area contributed by atoms with Crippen molar-refractivity contribution in [3.8, 4) is 11.8 Å². The van der Waals surface area contributed by atoms with Gasteiger partial charge in [-0.2, -0.15) is 0 Å². The van der Waals surface area contributed by atoms with Gasteiger partial charge in [0.25, 0.3) is 0 Å². The molecule has 2 aromatic heterocycles. The standard InChI is InChI=1S/C18H15BrN4O3/c1-10-15(24)16(25)18(26-10)23-9-22-14-13(20-8-21-17(14)23)6-5-11-3-2-4-12(19)7-11/h2-4,7-10,15-16,18,24-25H,1H3/t10-,15-,16-,18-/m1/s1. The van der Waals surface area contributed by atoms with Crippen LogP contribution in [0, 0.1) is 11.8 Å². The zero-order valence-corrected chi connectivity index (χ0v) is 15.3. The second-order valence-corrected chi connectivity index (χ2v) is 6.94. The van der Waals surface area contributed by atoms with Gasteiger partial charge in [-0.15, -0.1) is 0 Å². The Labute approximate surface area is 157 Å². The van der Waals surface area contributed by atoms with Gasteiger partial charge in [0.1, 0.15) is 29.7 Å². The molecule has 0 bridgehead atoms. The number of benzene rings is 1. The maximum Gasteiger partial charge on any atom is 0.166 e. The van der Waals surface area contributed by atoms with Gasteiger partial charge in [0.05, 0.1) is 12.4 Å². The Morgan fingerprint density at radius 1 is 1.15 bits per heavy atom. The van der Waals surface area contributed by atoms with Crippen LogP contribution in [0.1, 0.15) is 24.4 Å². The second kappa shape index (κ2) is 6.78. The fraction of sp³-hybridized carbons (Fsp3) is 0.278. The highest BCUT2D eigenvalue weighted by Crippen LogP contribution is 2.31. The first-order valence-electron chi connectivity index (χ1n) is 8.01. The summed E-state index contributed by atoms with van der Waals surface area (Å²) in [5, 5.41) is 20.1. The highest BCUT2D eigenvalue weighted by atomic mass is 79.9. The van der Waals surface area contributed by atoms with E-state index in [1.54, 1.807) is 11.5 Å². The summed E-state index contributed by atoms with van der Waals surface area (Å²) in [6, 6.07) is 7.65. The molecule has 8 heteroatoms. The predicted molar refractivity (Wildman–Crippen MR) is 97.0 cm³/mol. The van der Waals surface area contributed by atoms with Gasteiger partial charge < -0.3 is 14.9 Å². The van der Waals surface area contributed by atoms with Gasteiger partial charge in [-0.3, -0.25) is 4.57 Å². The minimum Gasteiger partial charge on any atom is -0.388 e. The SMILES string of the molecule is C[C@H]1O[C@@H](n2cnc3c(C#Cc4cccc(Br)c4)ncnc32)[C@H](O)[C@@H]1O. The van der Waals surface area contributed by atoms with E-state index in [0.29, 0.717) is 16.9 Å². The summed E-state index contributed by atoms with van der Waals surface area (Å²) in [5.74, 6) is 6.07. The third-order valence-corrected chi connectivity index (χ3v) is 4.75. The fourth-order valence-corrected chi connectivity index (χ4v) is 3.28. The molecule has 0 spiro atoms. The number of ether oxygens (including phenoxy) is 1. The minimum atomic E-state index is -1.06. The van der Waals surface area contributed by atoms with Crippen molar-refractivity contribution < 1.29 is 14.9 Å². The lowest BCUT2D eigenvalue weighted by molar-refractivity contribution is -0.0299. The van der Waals surface area contributed by atoms with E-state index in [1.807, 2.05) is 24.3 Å². The molecule has 0 saturated carbocycles. The molecule has 1 fully saturated rings. The first-order valence-corrected chi connectivity index (χ1v) is 8.80. The Morgan fingerprint density at radius 2 is 2.00 bits per heavy atom. The molecule has 1 aromatic carbocycles. The maximum atomic E-state index is 10.2. The lowest BCUT2D eigenvalue weighted by Crippen LogP contribution is -2.30. The van der Waals surface area contributed by atoms with Gasteiger partial charge in [0.15, 0.2) is 11.9 Å². The average molecular weight is 415 g/mol. The summed E-state index contributed by atoms with van der Waals surface area (Å²) in [4.78, 5) is 12.8. The van der Waals surface area contributed by atoms with Crippen LogP contribution in [0.4, 0.5) is 0 Å². The highest BCUT2D eigenvalue weighted by Gasteiger charge is 2.42. The number of imidazole rings is 1. The zero-order chi connectivity index (χ0) is 18.3. The number of fused-ring (bicyclic) bond motifs is 1. The van der Waals surface area contributed by atoms with E-state index in [-0.39, 0.29) is 0 Å². The Morgan fingerprint density at radius 3 is 2.73 bits per heavy atom. The van der Waals surface area contributed by atoms with E-state index < -0.39 is 24.5 Å². The monoisotopic (exact) mass is 414 g/mol. The molecule has 4 atom stereocenters. The van der Waals surface area contributed by atoms with Crippen LogP contribution >= 0.6 is 15.9 Å². The van der Waals surface area contributed by atoms with Crippen molar-refractivity contribution in [2.24, 2.45) is 0 Å². The molecule has 0 amide bonds. The van der Waals surface area contributed by atoms with Crippen LogP contribution in [0.15, 0.2) is 41.4 Å². The van der Waals surface area contributed by atoms with Crippen molar-refractivity contribution in [2.75, 3.05) is 0 Å². The topological polar surface area (TPSA) is 93.3 Å². The Kier molecular flexibility index (Phi) is 4.46. The number of hydrogen-bond acceptors (Lipinski definition) is 6. The van der Waals surface area contributed by atoms with Crippen molar-refractivity contribution in [3.63, 3.8) is 0 Å². The molecule has 0 radical (unpaired) electrons. The molecule has 4 rings (SSSR count). The number of aromatic nitrogens is 4. The van der Waals surface area contributed by atoms with Crippen molar-refractivity contribution in [2.45, 2.75) is 31.5 Å². The van der Waals surface area contributed by atoms with Gasteiger partial charge >= 0.3 is 0 Å². The van der Waals surface area contributed by atoms with E-state index in [4.69, 9.17) is 4.74 Å². The molecule has 1 aliphatic heterocycles. The number of halogens is 1. The van der Waals surface area contributed by atoms with E-state index in [1.165, 1.54) is 12.7 Å². The van der Waals surface area contributed by atoms with Crippen molar-refractivity contribution >= 4 is 27.1 Å². The van der Waals surface area contributed by atoms with Gasteiger partial charge in [-0.05, 0) is 31.0 Å². The van der Waals surface area contributed by atoms with Gasteiger partial charge in [-0.1, -0.05) is 27.9 Å². The number of nitrogens with zero attached hydrogens (tertiary/aromatic N) is 4. The first kappa shape index (κ1) is 17.1. The molecule has 26 heavy (non-hydrogen) atoms. The number of aliphatic hydroxyl groups excluding tert-OH is 2. The van der Waals surface area contributed by atoms with Crippen molar-refractivity contribution in [1.82, 2.24) is 19.5 Å². The van der Waals surface area contributed by atoms with Gasteiger partial charge in [0.2, 0.25) is 0 Å². The summed E-state index contributed by atoms with van der Waals surface area (Å²) in [7, 11) is 0. The van der Waals surface area contributed by atoms with Crippen LogP contribution in [0.25, 0.3) is 11.2 Å². The number of hydrogen-bond donors (Lipinski definition) is 2. The molecular weight excluding hydrogens is 400 g/mol. The third-order valence-electron chi connectivity index (χ3n) is 4.26. The largest absolute Gasteiger partial charge is 0.388 e. The van der Waals surface area contributed by atoms with Crippen LogP contribution in [0.2, 0.25) is 0 Å². The quantitative estimate of drug-likeness (QED) is 0.587. The van der Waals surface area contributed by atoms with Crippen LogP contribution < -0.4 is 0 Å². The van der Waals surface area contributed by atoms with Crippen molar-refractivity contribution in [1.29, 1.82) is 0 Å². The van der Waals surface area contributed by atoms with E-state index in [0.717, 1.165) is 10.0 Å². The molecule has 1 saturated heterocycles. The summed E-state index contributed by atoms with van der Waals surface area (Å²) in [5.41, 5.74) is 2.33. The average Bonchev–Trinajstić information content (AvgIpc) is 3.17. The molecule has 3 aromatic rings. The Bertz CT molecular complexity index is 1030.